The zero-order valence-electron chi connectivity index (χ0n) is 9.37. The molecule has 2 heterocycles. The predicted octanol–water partition coefficient (Wildman–Crippen LogP) is 2.57. The van der Waals surface area contributed by atoms with E-state index in [0.29, 0.717) is 5.92 Å². The molecule has 78 valence electrons. The highest BCUT2D eigenvalue weighted by atomic mass is 16.5. The Bertz CT molecular complexity index is 343. The molecule has 14 heavy (non-hydrogen) atoms. The maximum absolute atomic E-state index is 5.98. The minimum absolute atomic E-state index is 0.0484. The first-order valence-corrected chi connectivity index (χ1v) is 5.30. The minimum atomic E-state index is -0.0484. The van der Waals surface area contributed by atoms with Crippen LogP contribution in [0.2, 0.25) is 0 Å². The van der Waals surface area contributed by atoms with E-state index in [0.717, 1.165) is 18.8 Å². The lowest BCUT2D eigenvalue weighted by Crippen LogP contribution is -2.30. The fraction of sp³-hybridized carbons (Fsp3) is 0.727. The molecule has 0 fully saturated rings. The summed E-state index contributed by atoms with van der Waals surface area (Å²) in [6.07, 6.45) is 2.95. The van der Waals surface area contributed by atoms with Gasteiger partial charge in [0.1, 0.15) is 5.60 Å². The van der Waals surface area contributed by atoms with Crippen LogP contribution in [0.25, 0.3) is 0 Å². The largest absolute Gasteiger partial charge is 0.469 e. The van der Waals surface area contributed by atoms with E-state index in [9.17, 15) is 0 Å². The van der Waals surface area contributed by atoms with Crippen molar-refractivity contribution in [1.29, 1.82) is 0 Å². The van der Waals surface area contributed by atoms with Crippen molar-refractivity contribution in [3.8, 4) is 5.88 Å². The van der Waals surface area contributed by atoms with Gasteiger partial charge in [0, 0.05) is 5.56 Å². The van der Waals surface area contributed by atoms with E-state index in [1.54, 1.807) is 0 Å². The average molecular weight is 194 g/mol. The monoisotopic (exact) mass is 194 g/mol. The van der Waals surface area contributed by atoms with Gasteiger partial charge in [0.2, 0.25) is 5.88 Å². The Balaban J connectivity index is 2.32. The summed E-state index contributed by atoms with van der Waals surface area (Å²) in [5.41, 5.74) is 1.18. The Morgan fingerprint density at radius 3 is 2.93 bits per heavy atom. The molecule has 0 saturated heterocycles. The van der Waals surface area contributed by atoms with Crippen LogP contribution >= 0.6 is 0 Å². The van der Waals surface area contributed by atoms with Gasteiger partial charge in [-0.3, -0.25) is 0 Å². The molecule has 3 nitrogen and oxygen atoms in total. The molecule has 0 saturated carbocycles. The van der Waals surface area contributed by atoms with E-state index in [1.165, 1.54) is 5.56 Å². The third-order valence-corrected chi connectivity index (χ3v) is 3.01. The van der Waals surface area contributed by atoms with Gasteiger partial charge >= 0.3 is 0 Å². The molecule has 0 N–H and O–H groups in total. The fourth-order valence-corrected chi connectivity index (χ4v) is 1.78. The number of aromatic nitrogens is 2. The van der Waals surface area contributed by atoms with Crippen molar-refractivity contribution in [1.82, 2.24) is 9.78 Å². The molecule has 1 aliphatic heterocycles. The zero-order valence-corrected chi connectivity index (χ0v) is 9.37. The Kier molecular flexibility index (Phi) is 2.05. The highest BCUT2D eigenvalue weighted by Crippen LogP contribution is 2.36. The number of hydrogen-bond acceptors (Lipinski definition) is 2. The molecule has 2 rings (SSSR count). The van der Waals surface area contributed by atoms with Crippen LogP contribution in [0.1, 0.15) is 45.6 Å². The van der Waals surface area contributed by atoms with Gasteiger partial charge in [-0.05, 0) is 19.3 Å². The van der Waals surface area contributed by atoms with Crippen LogP contribution in [-0.2, 0) is 6.54 Å². The summed E-state index contributed by atoms with van der Waals surface area (Å²) >= 11 is 0. The maximum atomic E-state index is 5.98. The van der Waals surface area contributed by atoms with Gasteiger partial charge in [0.05, 0.1) is 12.7 Å². The Morgan fingerprint density at radius 1 is 1.64 bits per heavy atom. The van der Waals surface area contributed by atoms with Crippen LogP contribution in [0.3, 0.4) is 0 Å². The van der Waals surface area contributed by atoms with Gasteiger partial charge in [-0.2, -0.15) is 5.10 Å². The van der Waals surface area contributed by atoms with Crippen LogP contribution in [0.5, 0.6) is 5.88 Å². The number of hydrogen-bond donors (Lipinski definition) is 0. The molecular formula is C11H18N2O. The first-order chi connectivity index (χ1) is 6.56. The van der Waals surface area contributed by atoms with Gasteiger partial charge in [-0.15, -0.1) is 0 Å². The molecule has 1 aromatic heterocycles. The summed E-state index contributed by atoms with van der Waals surface area (Å²) < 4.78 is 7.96. The van der Waals surface area contributed by atoms with Gasteiger partial charge in [0.15, 0.2) is 0 Å². The normalized spacial score (nSPS) is 25.2. The molecule has 0 amide bonds. The summed E-state index contributed by atoms with van der Waals surface area (Å²) in [5.74, 6) is 1.46. The molecule has 0 aliphatic carbocycles. The third-order valence-electron chi connectivity index (χ3n) is 3.01. The summed E-state index contributed by atoms with van der Waals surface area (Å²) in [7, 11) is 0. The molecule has 1 unspecified atom stereocenters. The second-order valence-electron chi connectivity index (χ2n) is 4.62. The molecule has 0 bridgehead atoms. The zero-order chi connectivity index (χ0) is 10.3. The van der Waals surface area contributed by atoms with Gasteiger partial charge in [-0.1, -0.05) is 20.8 Å². The molecule has 0 spiro atoms. The second kappa shape index (κ2) is 3.01. The highest BCUT2D eigenvalue weighted by molar-refractivity contribution is 5.30. The first-order valence-electron chi connectivity index (χ1n) is 5.30. The Hall–Kier alpha value is -0.990. The standard InChI is InChI=1S/C11H18N2O/c1-5-11(4)7-13-10(14-11)9(6-12-13)8(2)3/h6,8H,5,7H2,1-4H3. The molecule has 1 aliphatic rings. The average Bonchev–Trinajstić information content (AvgIpc) is 2.60. The van der Waals surface area contributed by atoms with Crippen LogP contribution < -0.4 is 4.74 Å². The van der Waals surface area contributed by atoms with Crippen molar-refractivity contribution in [2.75, 3.05) is 0 Å². The van der Waals surface area contributed by atoms with Gasteiger partial charge in [-0.25, -0.2) is 4.68 Å². The molecular weight excluding hydrogens is 176 g/mol. The van der Waals surface area contributed by atoms with Crippen LogP contribution in [0, 0.1) is 0 Å². The van der Waals surface area contributed by atoms with E-state index in [2.05, 4.69) is 32.8 Å². The van der Waals surface area contributed by atoms with E-state index in [1.807, 2.05) is 10.9 Å². The van der Waals surface area contributed by atoms with Crippen molar-refractivity contribution in [3.63, 3.8) is 0 Å². The van der Waals surface area contributed by atoms with Crippen molar-refractivity contribution in [2.45, 2.75) is 52.2 Å². The fourth-order valence-electron chi connectivity index (χ4n) is 1.78. The molecule has 3 heteroatoms. The van der Waals surface area contributed by atoms with Gasteiger partial charge in [0.25, 0.3) is 0 Å². The molecule has 0 radical (unpaired) electrons. The quantitative estimate of drug-likeness (QED) is 0.723. The summed E-state index contributed by atoms with van der Waals surface area (Å²) in [4.78, 5) is 0. The molecule has 0 aromatic carbocycles. The SMILES string of the molecule is CCC1(C)Cn2ncc(C(C)C)c2O1. The number of nitrogens with zero attached hydrogens (tertiary/aromatic N) is 2. The van der Waals surface area contributed by atoms with E-state index >= 15 is 0 Å². The maximum Gasteiger partial charge on any atom is 0.216 e. The van der Waals surface area contributed by atoms with E-state index in [-0.39, 0.29) is 5.60 Å². The van der Waals surface area contributed by atoms with E-state index in [4.69, 9.17) is 4.74 Å². The van der Waals surface area contributed by atoms with Crippen molar-refractivity contribution >= 4 is 0 Å². The number of rotatable bonds is 2. The van der Waals surface area contributed by atoms with Crippen molar-refractivity contribution < 1.29 is 4.74 Å². The Labute approximate surface area is 85.1 Å². The lowest BCUT2D eigenvalue weighted by atomic mass is 10.0. The molecule has 1 aromatic rings. The van der Waals surface area contributed by atoms with Crippen molar-refractivity contribution in [2.24, 2.45) is 0 Å². The molecule has 1 atom stereocenters. The third kappa shape index (κ3) is 1.31. The Morgan fingerprint density at radius 2 is 2.36 bits per heavy atom. The van der Waals surface area contributed by atoms with Crippen molar-refractivity contribution in [3.05, 3.63) is 11.8 Å². The summed E-state index contributed by atoms with van der Waals surface area (Å²) in [6.45, 7) is 9.52. The number of fused-ring (bicyclic) bond motifs is 1. The van der Waals surface area contributed by atoms with Crippen LogP contribution in [0.4, 0.5) is 0 Å². The second-order valence-corrected chi connectivity index (χ2v) is 4.62. The lowest BCUT2D eigenvalue weighted by Gasteiger charge is -2.20. The number of ether oxygens (including phenoxy) is 1. The predicted molar refractivity (Wildman–Crippen MR) is 55.6 cm³/mol. The minimum Gasteiger partial charge on any atom is -0.469 e. The lowest BCUT2D eigenvalue weighted by molar-refractivity contribution is 0.107. The van der Waals surface area contributed by atoms with Crippen LogP contribution in [0.15, 0.2) is 6.20 Å². The van der Waals surface area contributed by atoms with Crippen LogP contribution in [-0.4, -0.2) is 15.4 Å². The summed E-state index contributed by atoms with van der Waals surface area (Å²) in [5, 5.41) is 4.35. The smallest absolute Gasteiger partial charge is 0.216 e. The van der Waals surface area contributed by atoms with Gasteiger partial charge < -0.3 is 4.74 Å². The summed E-state index contributed by atoms with van der Waals surface area (Å²) in [6, 6.07) is 0. The van der Waals surface area contributed by atoms with E-state index < -0.39 is 0 Å². The topological polar surface area (TPSA) is 27.1 Å². The highest BCUT2D eigenvalue weighted by Gasteiger charge is 2.35. The first kappa shape index (κ1) is 9.56.